The Morgan fingerprint density at radius 2 is 2.05 bits per heavy atom. The van der Waals surface area contributed by atoms with Gasteiger partial charge in [0, 0.05) is 17.5 Å². The molecule has 1 aromatic carbocycles. The van der Waals surface area contributed by atoms with Crippen molar-refractivity contribution in [2.24, 2.45) is 0 Å². The lowest BCUT2D eigenvalue weighted by atomic mass is 10.3. The Balaban J connectivity index is 2.28. The fourth-order valence-electron chi connectivity index (χ4n) is 1.25. The Morgan fingerprint density at radius 3 is 2.68 bits per heavy atom. The maximum Gasteiger partial charge on any atom is 0.257 e. The molecule has 7 heteroatoms. The molecule has 0 saturated heterocycles. The molecule has 0 radical (unpaired) electrons. The third kappa shape index (κ3) is 6.31. The normalized spacial score (nSPS) is 10.0. The molecule has 5 nitrogen and oxygen atoms in total. The van der Waals surface area contributed by atoms with Gasteiger partial charge >= 0.3 is 0 Å². The predicted octanol–water partition coefficient (Wildman–Crippen LogP) is 1.02. The molecule has 0 fully saturated rings. The highest BCUT2D eigenvalue weighted by Gasteiger charge is 2.06. The van der Waals surface area contributed by atoms with E-state index in [4.69, 9.17) is 27.9 Å². The first kappa shape index (κ1) is 15.6. The fraction of sp³-hybridized carbons (Fsp3) is 0.333. The smallest absolute Gasteiger partial charge is 0.257 e. The molecule has 1 amide bonds. The van der Waals surface area contributed by atoms with Crippen LogP contribution in [-0.2, 0) is 9.59 Å². The molecular formula is C12H12Cl2NO4-. The lowest BCUT2D eigenvalue weighted by Gasteiger charge is -2.09. The van der Waals surface area contributed by atoms with Crippen molar-refractivity contribution in [2.75, 3.05) is 13.2 Å². The van der Waals surface area contributed by atoms with Gasteiger partial charge in [-0.2, -0.15) is 0 Å². The van der Waals surface area contributed by atoms with Crippen molar-refractivity contribution < 1.29 is 19.4 Å². The second-order valence-electron chi connectivity index (χ2n) is 3.69. The number of carbonyl (C=O) groups is 2. The summed E-state index contributed by atoms with van der Waals surface area (Å²) in [4.78, 5) is 21.5. The second-order valence-corrected chi connectivity index (χ2v) is 4.53. The van der Waals surface area contributed by atoms with E-state index >= 15 is 0 Å². The van der Waals surface area contributed by atoms with Crippen LogP contribution in [0.5, 0.6) is 5.75 Å². The number of halogens is 2. The minimum atomic E-state index is -1.14. The van der Waals surface area contributed by atoms with Gasteiger partial charge in [-0.25, -0.2) is 0 Å². The molecular weight excluding hydrogens is 293 g/mol. The van der Waals surface area contributed by atoms with Crippen LogP contribution in [0, 0.1) is 0 Å². The van der Waals surface area contributed by atoms with E-state index in [0.717, 1.165) is 0 Å². The maximum atomic E-state index is 11.4. The fourth-order valence-corrected chi connectivity index (χ4v) is 1.71. The van der Waals surface area contributed by atoms with E-state index in [1.165, 1.54) is 6.07 Å². The number of nitrogens with one attached hydrogen (secondary N) is 1. The Kier molecular flexibility index (Phi) is 6.45. The summed E-state index contributed by atoms with van der Waals surface area (Å²) in [6, 6.07) is 4.67. The van der Waals surface area contributed by atoms with Crippen molar-refractivity contribution in [3.05, 3.63) is 28.2 Å². The van der Waals surface area contributed by atoms with Gasteiger partial charge in [0.15, 0.2) is 6.61 Å². The van der Waals surface area contributed by atoms with Crippen LogP contribution in [0.15, 0.2) is 18.2 Å². The van der Waals surface area contributed by atoms with Crippen molar-refractivity contribution in [2.45, 2.75) is 12.8 Å². The first-order valence-corrected chi connectivity index (χ1v) is 6.29. The van der Waals surface area contributed by atoms with Crippen molar-refractivity contribution in [1.82, 2.24) is 5.32 Å². The van der Waals surface area contributed by atoms with Gasteiger partial charge in [0.05, 0.1) is 5.02 Å². The third-order valence-electron chi connectivity index (χ3n) is 2.13. The van der Waals surface area contributed by atoms with Crippen molar-refractivity contribution in [3.8, 4) is 5.75 Å². The van der Waals surface area contributed by atoms with E-state index in [0.29, 0.717) is 22.2 Å². The molecule has 0 heterocycles. The van der Waals surface area contributed by atoms with Gasteiger partial charge in [0.2, 0.25) is 0 Å². The van der Waals surface area contributed by atoms with Crippen LogP contribution in [0.25, 0.3) is 0 Å². The van der Waals surface area contributed by atoms with Crippen LogP contribution in [0.2, 0.25) is 10.0 Å². The number of ether oxygens (including phenoxy) is 1. The monoisotopic (exact) mass is 304 g/mol. The number of benzene rings is 1. The predicted molar refractivity (Wildman–Crippen MR) is 69.2 cm³/mol. The van der Waals surface area contributed by atoms with Crippen molar-refractivity contribution in [3.63, 3.8) is 0 Å². The molecule has 0 aliphatic rings. The largest absolute Gasteiger partial charge is 0.550 e. The van der Waals surface area contributed by atoms with Gasteiger partial charge in [-0.1, -0.05) is 23.2 Å². The summed E-state index contributed by atoms with van der Waals surface area (Å²) in [5, 5.41) is 13.5. The van der Waals surface area contributed by atoms with Gasteiger partial charge < -0.3 is 20.0 Å². The summed E-state index contributed by atoms with van der Waals surface area (Å²) in [6.45, 7) is 0.0528. The Bertz CT molecular complexity index is 465. The van der Waals surface area contributed by atoms with Gasteiger partial charge in [-0.05, 0) is 31.0 Å². The first-order valence-electron chi connectivity index (χ1n) is 5.53. The molecule has 1 rings (SSSR count). The van der Waals surface area contributed by atoms with E-state index in [-0.39, 0.29) is 25.5 Å². The topological polar surface area (TPSA) is 78.5 Å². The molecule has 0 unspecified atom stereocenters. The summed E-state index contributed by atoms with van der Waals surface area (Å²) in [7, 11) is 0. The van der Waals surface area contributed by atoms with E-state index in [1.54, 1.807) is 12.1 Å². The SMILES string of the molecule is O=C([O-])CCCNC(=O)COc1ccc(Cl)cc1Cl. The highest BCUT2D eigenvalue weighted by molar-refractivity contribution is 6.35. The zero-order chi connectivity index (χ0) is 14.3. The quantitative estimate of drug-likeness (QED) is 0.763. The number of rotatable bonds is 7. The summed E-state index contributed by atoms with van der Waals surface area (Å²) in [6.07, 6.45) is 0.222. The number of hydrogen-bond donors (Lipinski definition) is 1. The lowest BCUT2D eigenvalue weighted by Crippen LogP contribution is -2.31. The lowest BCUT2D eigenvalue weighted by molar-refractivity contribution is -0.305. The van der Waals surface area contributed by atoms with Gasteiger partial charge in [-0.15, -0.1) is 0 Å². The highest BCUT2D eigenvalue weighted by Crippen LogP contribution is 2.27. The average molecular weight is 305 g/mol. The average Bonchev–Trinajstić information content (AvgIpc) is 2.33. The minimum Gasteiger partial charge on any atom is -0.550 e. The van der Waals surface area contributed by atoms with E-state index in [2.05, 4.69) is 5.32 Å². The zero-order valence-corrected chi connectivity index (χ0v) is 11.5. The second kappa shape index (κ2) is 7.86. The maximum absolute atomic E-state index is 11.4. The van der Waals surface area contributed by atoms with Gasteiger partial charge in [0.1, 0.15) is 5.75 Å². The molecule has 104 valence electrons. The number of aliphatic carboxylic acids is 1. The summed E-state index contributed by atoms with van der Waals surface area (Å²) in [5.41, 5.74) is 0. The molecule has 0 bridgehead atoms. The van der Waals surface area contributed by atoms with Crippen LogP contribution < -0.4 is 15.2 Å². The summed E-state index contributed by atoms with van der Waals surface area (Å²) < 4.78 is 5.20. The molecule has 0 aliphatic heterocycles. The molecule has 0 aliphatic carbocycles. The zero-order valence-electron chi connectivity index (χ0n) is 9.95. The molecule has 19 heavy (non-hydrogen) atoms. The van der Waals surface area contributed by atoms with E-state index in [1.807, 2.05) is 0 Å². The Morgan fingerprint density at radius 1 is 1.32 bits per heavy atom. The van der Waals surface area contributed by atoms with Crippen LogP contribution in [0.3, 0.4) is 0 Å². The number of carboxylic acids is 1. The number of carbonyl (C=O) groups excluding carboxylic acids is 2. The molecule has 1 aromatic rings. The van der Waals surface area contributed by atoms with Crippen LogP contribution in [0.4, 0.5) is 0 Å². The third-order valence-corrected chi connectivity index (χ3v) is 2.66. The van der Waals surface area contributed by atoms with E-state index < -0.39 is 5.97 Å². The van der Waals surface area contributed by atoms with E-state index in [9.17, 15) is 14.7 Å². The minimum absolute atomic E-state index is 0.0931. The Labute approximate surface area is 120 Å². The highest BCUT2D eigenvalue weighted by atomic mass is 35.5. The first-order chi connectivity index (χ1) is 8.99. The molecule has 0 aromatic heterocycles. The van der Waals surface area contributed by atoms with Crippen LogP contribution >= 0.6 is 23.2 Å². The van der Waals surface area contributed by atoms with Gasteiger partial charge in [-0.3, -0.25) is 4.79 Å². The number of carboxylic acid groups (broad SMARTS) is 1. The van der Waals surface area contributed by atoms with Crippen molar-refractivity contribution >= 4 is 35.1 Å². The molecule has 0 saturated carbocycles. The Hall–Kier alpha value is -1.46. The van der Waals surface area contributed by atoms with Gasteiger partial charge in [0.25, 0.3) is 5.91 Å². The van der Waals surface area contributed by atoms with Crippen LogP contribution in [0.1, 0.15) is 12.8 Å². The van der Waals surface area contributed by atoms with Crippen LogP contribution in [-0.4, -0.2) is 25.0 Å². The number of amides is 1. The molecule has 0 atom stereocenters. The summed E-state index contributed by atoms with van der Waals surface area (Å²) in [5.74, 6) is -1.14. The standard InChI is InChI=1S/C12H13Cl2NO4/c13-8-3-4-10(9(14)6-8)19-7-11(16)15-5-1-2-12(17)18/h3-4,6H,1-2,5,7H2,(H,15,16)(H,17,18)/p-1. The number of hydrogen-bond acceptors (Lipinski definition) is 4. The van der Waals surface area contributed by atoms with Crippen molar-refractivity contribution in [1.29, 1.82) is 0 Å². The molecule has 1 N–H and O–H groups in total. The summed E-state index contributed by atoms with van der Waals surface area (Å²) >= 11 is 11.6. The molecule has 0 spiro atoms.